The van der Waals surface area contributed by atoms with E-state index in [2.05, 4.69) is 29.2 Å². The second-order valence-corrected chi connectivity index (χ2v) is 9.09. The largest absolute Gasteiger partial charge is 0.480 e. The van der Waals surface area contributed by atoms with Gasteiger partial charge in [0, 0.05) is 18.5 Å². The normalized spacial score (nSPS) is 24.5. The lowest BCUT2D eigenvalue weighted by atomic mass is 9.69. The number of nitrogens with one attached hydrogen (secondary N) is 2. The fraction of sp³-hybridized carbons (Fsp3) is 0.583. The van der Waals surface area contributed by atoms with Gasteiger partial charge in [-0.1, -0.05) is 43.3 Å². The van der Waals surface area contributed by atoms with Crippen molar-refractivity contribution in [2.75, 3.05) is 26.2 Å². The minimum absolute atomic E-state index is 0.249. The van der Waals surface area contributed by atoms with Crippen LogP contribution in [-0.2, 0) is 14.4 Å². The van der Waals surface area contributed by atoms with Crippen molar-refractivity contribution < 1.29 is 19.5 Å². The number of amides is 1. The van der Waals surface area contributed by atoms with E-state index in [1.54, 1.807) is 0 Å². The Morgan fingerprint density at radius 2 is 1.97 bits per heavy atom. The molecule has 0 spiro atoms. The molecule has 1 saturated heterocycles. The van der Waals surface area contributed by atoms with E-state index in [1.165, 1.54) is 13.3 Å². The molecule has 178 valence electrons. The highest BCUT2D eigenvalue weighted by Gasteiger charge is 2.37. The van der Waals surface area contributed by atoms with Crippen LogP contribution in [0, 0.1) is 17.8 Å². The third-order valence-electron chi connectivity index (χ3n) is 6.15. The molecule has 3 N–H and O–H groups in total. The highest BCUT2D eigenvalue weighted by Crippen LogP contribution is 2.38. The van der Waals surface area contributed by atoms with Crippen LogP contribution in [0.5, 0.6) is 0 Å². The lowest BCUT2D eigenvalue weighted by Gasteiger charge is -2.42. The van der Waals surface area contributed by atoms with Gasteiger partial charge in [0.25, 0.3) is 0 Å². The van der Waals surface area contributed by atoms with Crippen LogP contribution in [0.2, 0.25) is 5.02 Å². The highest BCUT2D eigenvalue weighted by molar-refractivity contribution is 6.30. The van der Waals surface area contributed by atoms with Crippen LogP contribution in [-0.4, -0.2) is 54.1 Å². The van der Waals surface area contributed by atoms with Crippen molar-refractivity contribution in [3.8, 4) is 0 Å². The number of rotatable bonds is 8. The second-order valence-electron chi connectivity index (χ2n) is 8.66. The van der Waals surface area contributed by atoms with Gasteiger partial charge in [-0.2, -0.15) is 5.48 Å². The molecular weight excluding hydrogens is 430 g/mol. The topological polar surface area (TPSA) is 90.9 Å². The maximum Gasteiger partial charge on any atom is 0.320 e. The van der Waals surface area contributed by atoms with Crippen molar-refractivity contribution in [2.45, 2.75) is 45.6 Å². The number of aliphatic carboxylic acids is 1. The minimum Gasteiger partial charge on any atom is -0.480 e. The molecule has 1 amide bonds. The number of halogens is 1. The van der Waals surface area contributed by atoms with E-state index in [0.29, 0.717) is 30.1 Å². The standard InChI is InChI=1S/C18H31N3O4.C6H5Cl/c1-4-21(10-12(2)25-20-13(3)22)11-14-5-6-15-9-19-17(18(23)24)8-16(15)7-14;7-6-4-2-1-3-5-6/h14-17,19H,2,4-11H2,1,3H3,(H,20,22)(H,23,24);1-5H. The van der Waals surface area contributed by atoms with Crippen molar-refractivity contribution in [1.82, 2.24) is 15.7 Å². The van der Waals surface area contributed by atoms with Gasteiger partial charge in [-0.05, 0) is 68.7 Å². The van der Waals surface area contributed by atoms with E-state index in [9.17, 15) is 14.7 Å². The van der Waals surface area contributed by atoms with E-state index < -0.39 is 12.0 Å². The third-order valence-corrected chi connectivity index (χ3v) is 6.40. The Morgan fingerprint density at radius 1 is 1.25 bits per heavy atom. The molecular formula is C24H36ClN3O4. The maximum absolute atomic E-state index is 11.2. The monoisotopic (exact) mass is 465 g/mol. The van der Waals surface area contributed by atoms with Gasteiger partial charge in [0.1, 0.15) is 11.8 Å². The number of carboxylic acid groups (broad SMARTS) is 1. The molecule has 0 aromatic heterocycles. The first-order valence-electron chi connectivity index (χ1n) is 11.3. The quantitative estimate of drug-likeness (QED) is 0.400. The number of likely N-dealkylation sites (N-methyl/N-ethyl adjacent to an activating group) is 1. The fourth-order valence-corrected chi connectivity index (χ4v) is 4.67. The summed E-state index contributed by atoms with van der Waals surface area (Å²) in [5, 5.41) is 13.2. The number of carbonyl (C=O) groups is 2. The fourth-order valence-electron chi connectivity index (χ4n) is 4.53. The molecule has 4 atom stereocenters. The molecule has 32 heavy (non-hydrogen) atoms. The summed E-state index contributed by atoms with van der Waals surface area (Å²) in [4.78, 5) is 29.5. The summed E-state index contributed by atoms with van der Waals surface area (Å²) in [6.07, 6.45) is 4.16. The van der Waals surface area contributed by atoms with Crippen LogP contribution < -0.4 is 10.8 Å². The molecule has 1 saturated carbocycles. The Hall–Kier alpha value is -2.09. The number of hydroxylamine groups is 1. The van der Waals surface area contributed by atoms with Crippen LogP contribution in [0.25, 0.3) is 0 Å². The first kappa shape index (κ1) is 26.2. The van der Waals surface area contributed by atoms with Crippen molar-refractivity contribution in [3.05, 3.63) is 47.7 Å². The number of hydrogen-bond donors (Lipinski definition) is 3. The Morgan fingerprint density at radius 3 is 2.53 bits per heavy atom. The molecule has 1 aromatic carbocycles. The Bertz CT molecular complexity index is 746. The smallest absolute Gasteiger partial charge is 0.320 e. The molecule has 1 aliphatic carbocycles. The number of piperidine rings is 1. The number of nitrogens with zero attached hydrogens (tertiary/aromatic N) is 1. The highest BCUT2D eigenvalue weighted by atomic mass is 35.5. The molecule has 7 nitrogen and oxygen atoms in total. The molecule has 1 heterocycles. The van der Waals surface area contributed by atoms with Crippen LogP contribution in [0.3, 0.4) is 0 Å². The van der Waals surface area contributed by atoms with Crippen LogP contribution in [0.1, 0.15) is 39.5 Å². The van der Waals surface area contributed by atoms with E-state index in [1.807, 2.05) is 30.3 Å². The van der Waals surface area contributed by atoms with Gasteiger partial charge in [-0.25, -0.2) is 0 Å². The SMILES string of the molecule is C=C(CN(CC)CC1CCC2CNC(C(=O)O)CC2C1)ONC(C)=O.Clc1ccccc1. The predicted octanol–water partition coefficient (Wildman–Crippen LogP) is 3.71. The van der Waals surface area contributed by atoms with E-state index in [4.69, 9.17) is 16.4 Å². The van der Waals surface area contributed by atoms with Crippen LogP contribution in [0.4, 0.5) is 0 Å². The molecule has 2 fully saturated rings. The molecule has 8 heteroatoms. The molecule has 3 rings (SSSR count). The number of benzene rings is 1. The van der Waals surface area contributed by atoms with E-state index in [0.717, 1.165) is 43.9 Å². The summed E-state index contributed by atoms with van der Waals surface area (Å²) in [5.41, 5.74) is 2.30. The number of hydrogen-bond acceptors (Lipinski definition) is 5. The summed E-state index contributed by atoms with van der Waals surface area (Å²) in [5.74, 6) is 1.23. The molecule has 0 radical (unpaired) electrons. The van der Waals surface area contributed by atoms with Gasteiger partial charge in [-0.3, -0.25) is 14.5 Å². The van der Waals surface area contributed by atoms with Gasteiger partial charge in [0.05, 0.1) is 6.54 Å². The van der Waals surface area contributed by atoms with Gasteiger partial charge in [0.2, 0.25) is 5.91 Å². The van der Waals surface area contributed by atoms with Gasteiger partial charge in [0.15, 0.2) is 0 Å². The average Bonchev–Trinajstić information content (AvgIpc) is 2.77. The van der Waals surface area contributed by atoms with Crippen molar-refractivity contribution in [3.63, 3.8) is 0 Å². The molecule has 2 aliphatic rings. The number of carbonyl (C=O) groups excluding carboxylic acids is 1. The zero-order valence-electron chi connectivity index (χ0n) is 19.1. The van der Waals surface area contributed by atoms with Crippen molar-refractivity contribution >= 4 is 23.5 Å². The van der Waals surface area contributed by atoms with Crippen LogP contribution in [0.15, 0.2) is 42.7 Å². The predicted molar refractivity (Wildman–Crippen MR) is 126 cm³/mol. The first-order valence-corrected chi connectivity index (χ1v) is 11.7. The minimum atomic E-state index is -0.734. The number of carboxylic acids is 1. The molecule has 1 aromatic rings. The van der Waals surface area contributed by atoms with Crippen LogP contribution >= 0.6 is 11.6 Å². The maximum atomic E-state index is 11.2. The first-order chi connectivity index (χ1) is 15.3. The Kier molecular flexibility index (Phi) is 11.0. The summed E-state index contributed by atoms with van der Waals surface area (Å²) in [6.45, 7) is 10.6. The molecule has 0 bridgehead atoms. The van der Waals surface area contributed by atoms with Crippen molar-refractivity contribution in [1.29, 1.82) is 0 Å². The lowest BCUT2D eigenvalue weighted by Crippen LogP contribution is -2.50. The lowest BCUT2D eigenvalue weighted by molar-refractivity contribution is -0.141. The average molecular weight is 466 g/mol. The zero-order chi connectivity index (χ0) is 23.5. The summed E-state index contributed by atoms with van der Waals surface area (Å²) in [7, 11) is 0. The molecule has 1 aliphatic heterocycles. The summed E-state index contributed by atoms with van der Waals surface area (Å²) >= 11 is 5.54. The van der Waals surface area contributed by atoms with E-state index in [-0.39, 0.29) is 5.91 Å². The summed E-state index contributed by atoms with van der Waals surface area (Å²) in [6, 6.07) is 9.05. The van der Waals surface area contributed by atoms with Crippen molar-refractivity contribution in [2.24, 2.45) is 17.8 Å². The number of fused-ring (bicyclic) bond motifs is 1. The van der Waals surface area contributed by atoms with E-state index >= 15 is 0 Å². The Balaban J connectivity index is 0.000000439. The van der Waals surface area contributed by atoms with Gasteiger partial charge < -0.3 is 15.3 Å². The third kappa shape index (κ3) is 9.18. The molecule has 4 unspecified atom stereocenters. The zero-order valence-corrected chi connectivity index (χ0v) is 19.8. The van der Waals surface area contributed by atoms with Gasteiger partial charge in [-0.15, -0.1) is 0 Å². The Labute approximate surface area is 196 Å². The second kappa shape index (κ2) is 13.5. The van der Waals surface area contributed by atoms with Gasteiger partial charge >= 0.3 is 5.97 Å². The summed E-state index contributed by atoms with van der Waals surface area (Å²) < 4.78 is 0.